The van der Waals surface area contributed by atoms with Gasteiger partial charge in [0.2, 0.25) is 0 Å². The Labute approximate surface area is 132 Å². The molecule has 1 aromatic carbocycles. The molecule has 1 aliphatic heterocycles. The lowest BCUT2D eigenvalue weighted by Crippen LogP contribution is -2.59. The molecule has 2 atom stereocenters. The Balaban J connectivity index is 2.30. The molecular weight excluding hydrogens is 312 g/mol. The van der Waals surface area contributed by atoms with E-state index in [1.54, 1.807) is 0 Å². The average molecular weight is 339 g/mol. The topological polar surface area (TPSA) is 15.3 Å². The van der Waals surface area contributed by atoms with Gasteiger partial charge in [-0.1, -0.05) is 36.7 Å². The number of nitrogens with zero attached hydrogens (tertiary/aromatic N) is 1. The Morgan fingerprint density at radius 2 is 1.75 bits per heavy atom. The largest absolute Gasteiger partial charge is 0.366 e. The first-order valence-corrected chi connectivity index (χ1v) is 8.26. The minimum atomic E-state index is 0.290. The number of benzene rings is 1. The van der Waals surface area contributed by atoms with Gasteiger partial charge in [-0.25, -0.2) is 0 Å². The molecule has 20 heavy (non-hydrogen) atoms. The van der Waals surface area contributed by atoms with Gasteiger partial charge in [-0.05, 0) is 49.4 Å². The van der Waals surface area contributed by atoms with E-state index in [2.05, 4.69) is 79.8 Å². The molecular formula is C17H27BrN2. The van der Waals surface area contributed by atoms with Crippen LogP contribution < -0.4 is 10.2 Å². The van der Waals surface area contributed by atoms with Gasteiger partial charge < -0.3 is 10.2 Å². The summed E-state index contributed by atoms with van der Waals surface area (Å²) in [5.41, 5.74) is 4.28. The van der Waals surface area contributed by atoms with E-state index in [1.165, 1.54) is 21.3 Å². The Bertz CT molecular complexity index is 467. The summed E-state index contributed by atoms with van der Waals surface area (Å²) in [5.74, 6) is 0. The van der Waals surface area contributed by atoms with E-state index in [9.17, 15) is 0 Å². The lowest BCUT2D eigenvalue weighted by molar-refractivity contribution is 0.239. The monoisotopic (exact) mass is 338 g/mol. The quantitative estimate of drug-likeness (QED) is 0.822. The third-order valence-corrected chi connectivity index (χ3v) is 5.62. The van der Waals surface area contributed by atoms with Gasteiger partial charge in [0, 0.05) is 35.3 Å². The number of anilines is 1. The van der Waals surface area contributed by atoms with E-state index in [1.807, 2.05) is 0 Å². The van der Waals surface area contributed by atoms with Gasteiger partial charge in [-0.3, -0.25) is 0 Å². The Morgan fingerprint density at radius 1 is 1.20 bits per heavy atom. The van der Waals surface area contributed by atoms with E-state index >= 15 is 0 Å². The number of rotatable bonds is 1. The first kappa shape index (κ1) is 15.8. The predicted molar refractivity (Wildman–Crippen MR) is 91.7 cm³/mol. The summed E-state index contributed by atoms with van der Waals surface area (Å²) in [6, 6.07) is 5.67. The summed E-state index contributed by atoms with van der Waals surface area (Å²) >= 11 is 3.67. The van der Waals surface area contributed by atoms with Gasteiger partial charge in [-0.15, -0.1) is 0 Å². The molecule has 1 saturated heterocycles. The Kier molecular flexibility index (Phi) is 4.50. The minimum absolute atomic E-state index is 0.290. The second kappa shape index (κ2) is 5.69. The highest BCUT2D eigenvalue weighted by molar-refractivity contribution is 9.10. The number of hydrogen-bond donors (Lipinski definition) is 1. The van der Waals surface area contributed by atoms with Crippen molar-refractivity contribution in [1.29, 1.82) is 0 Å². The lowest BCUT2D eigenvalue weighted by atomic mass is 9.84. The average Bonchev–Trinajstić information content (AvgIpc) is 2.34. The van der Waals surface area contributed by atoms with Crippen LogP contribution in [0.25, 0.3) is 0 Å². The number of hydrogen-bond acceptors (Lipinski definition) is 2. The summed E-state index contributed by atoms with van der Waals surface area (Å²) in [5, 5.41) is 3.70. The van der Waals surface area contributed by atoms with Crippen LogP contribution in [0.3, 0.4) is 0 Å². The maximum absolute atomic E-state index is 3.70. The van der Waals surface area contributed by atoms with Gasteiger partial charge in [0.1, 0.15) is 0 Å². The third-order valence-electron chi connectivity index (χ3n) is 4.37. The van der Waals surface area contributed by atoms with Crippen LogP contribution in [0.4, 0.5) is 5.69 Å². The molecule has 0 bridgehead atoms. The van der Waals surface area contributed by atoms with Crippen molar-refractivity contribution >= 4 is 21.6 Å². The third kappa shape index (κ3) is 3.20. The molecule has 2 nitrogen and oxygen atoms in total. The van der Waals surface area contributed by atoms with Crippen LogP contribution in [0.1, 0.15) is 38.8 Å². The fourth-order valence-corrected chi connectivity index (χ4v) is 3.12. The summed E-state index contributed by atoms with van der Waals surface area (Å²) in [6.07, 6.45) is 0. The van der Waals surface area contributed by atoms with E-state index < -0.39 is 0 Å². The van der Waals surface area contributed by atoms with Crippen LogP contribution in [-0.2, 0) is 0 Å². The van der Waals surface area contributed by atoms with Gasteiger partial charge in [0.15, 0.2) is 0 Å². The van der Waals surface area contributed by atoms with Crippen molar-refractivity contribution in [2.24, 2.45) is 5.41 Å². The maximum atomic E-state index is 3.70. The molecule has 1 heterocycles. The highest BCUT2D eigenvalue weighted by Gasteiger charge is 2.32. The number of halogens is 1. The van der Waals surface area contributed by atoms with E-state index in [0.717, 1.165) is 13.1 Å². The zero-order valence-electron chi connectivity index (χ0n) is 13.5. The molecule has 0 amide bonds. The molecule has 0 saturated carbocycles. The van der Waals surface area contributed by atoms with Crippen molar-refractivity contribution in [3.8, 4) is 0 Å². The lowest BCUT2D eigenvalue weighted by Gasteiger charge is -2.45. The highest BCUT2D eigenvalue weighted by Crippen LogP contribution is 2.31. The number of aryl methyl sites for hydroxylation is 2. The zero-order chi connectivity index (χ0) is 15.1. The predicted octanol–water partition coefficient (Wildman–Crippen LogP) is 4.28. The van der Waals surface area contributed by atoms with Gasteiger partial charge in [0.25, 0.3) is 0 Å². The van der Waals surface area contributed by atoms with Gasteiger partial charge in [0.05, 0.1) is 0 Å². The van der Waals surface area contributed by atoms with Crippen LogP contribution in [0.15, 0.2) is 16.6 Å². The second-order valence-electron chi connectivity index (χ2n) is 7.22. The van der Waals surface area contributed by atoms with Crippen molar-refractivity contribution in [1.82, 2.24) is 5.32 Å². The van der Waals surface area contributed by atoms with Gasteiger partial charge >= 0.3 is 0 Å². The van der Waals surface area contributed by atoms with Gasteiger partial charge in [-0.2, -0.15) is 0 Å². The molecule has 0 radical (unpaired) electrons. The Hall–Kier alpha value is -0.540. The fourth-order valence-electron chi connectivity index (χ4n) is 2.89. The normalized spacial score (nSPS) is 24.1. The first-order chi connectivity index (χ1) is 9.20. The van der Waals surface area contributed by atoms with Crippen LogP contribution in [-0.4, -0.2) is 25.2 Å². The molecule has 0 aromatic heterocycles. The molecule has 1 fully saturated rings. The SMILES string of the molecule is Cc1cc(N2CC(C(C)(C)C)NCC2C)cc(C)c1Br. The molecule has 0 aliphatic carbocycles. The fraction of sp³-hybridized carbons (Fsp3) is 0.647. The smallest absolute Gasteiger partial charge is 0.0387 e. The molecule has 3 heteroatoms. The molecule has 1 aromatic rings. The molecule has 0 spiro atoms. The van der Waals surface area contributed by atoms with Crippen LogP contribution in [0, 0.1) is 19.3 Å². The second-order valence-corrected chi connectivity index (χ2v) is 8.01. The van der Waals surface area contributed by atoms with E-state index in [4.69, 9.17) is 0 Å². The summed E-state index contributed by atoms with van der Waals surface area (Å²) in [6.45, 7) is 15.7. The molecule has 2 rings (SSSR count). The Morgan fingerprint density at radius 3 is 2.25 bits per heavy atom. The summed E-state index contributed by atoms with van der Waals surface area (Å²) in [4.78, 5) is 2.55. The van der Waals surface area contributed by atoms with Crippen molar-refractivity contribution in [2.75, 3.05) is 18.0 Å². The standard InChI is InChI=1S/C17H27BrN2/c1-11-7-14(8-12(2)16(11)18)20-10-15(17(4,5)6)19-9-13(20)3/h7-8,13,15,19H,9-10H2,1-6H3. The first-order valence-electron chi connectivity index (χ1n) is 7.47. The molecule has 1 N–H and O–H groups in total. The highest BCUT2D eigenvalue weighted by atomic mass is 79.9. The summed E-state index contributed by atoms with van der Waals surface area (Å²) < 4.78 is 1.23. The van der Waals surface area contributed by atoms with Crippen molar-refractivity contribution in [3.05, 3.63) is 27.7 Å². The summed E-state index contributed by atoms with van der Waals surface area (Å²) in [7, 11) is 0. The zero-order valence-corrected chi connectivity index (χ0v) is 15.1. The number of piperazine rings is 1. The van der Waals surface area contributed by atoms with Crippen LogP contribution >= 0.6 is 15.9 Å². The molecule has 2 unspecified atom stereocenters. The van der Waals surface area contributed by atoms with Crippen molar-refractivity contribution in [2.45, 2.75) is 53.6 Å². The van der Waals surface area contributed by atoms with Crippen molar-refractivity contribution < 1.29 is 0 Å². The van der Waals surface area contributed by atoms with E-state index in [0.29, 0.717) is 12.1 Å². The van der Waals surface area contributed by atoms with Crippen LogP contribution in [0.5, 0.6) is 0 Å². The minimum Gasteiger partial charge on any atom is -0.366 e. The molecule has 112 valence electrons. The van der Waals surface area contributed by atoms with Crippen LogP contribution in [0.2, 0.25) is 0 Å². The maximum Gasteiger partial charge on any atom is 0.0387 e. The molecule has 1 aliphatic rings. The van der Waals surface area contributed by atoms with E-state index in [-0.39, 0.29) is 5.41 Å². The van der Waals surface area contributed by atoms with Crippen molar-refractivity contribution in [3.63, 3.8) is 0 Å². The number of nitrogens with one attached hydrogen (secondary N) is 1.